The van der Waals surface area contributed by atoms with Crippen LogP contribution in [0.3, 0.4) is 0 Å². The van der Waals surface area contributed by atoms with Gasteiger partial charge in [-0.15, -0.1) is 22.9 Å². The maximum Gasteiger partial charge on any atom is 0.236 e. The molecule has 17 heavy (non-hydrogen) atoms. The third-order valence-electron chi connectivity index (χ3n) is 2.91. The van der Waals surface area contributed by atoms with Crippen molar-refractivity contribution in [3.8, 4) is 0 Å². The van der Waals surface area contributed by atoms with E-state index in [0.29, 0.717) is 12.4 Å². The van der Waals surface area contributed by atoms with Gasteiger partial charge < -0.3 is 4.90 Å². The molecule has 0 radical (unpaired) electrons. The van der Waals surface area contributed by atoms with Gasteiger partial charge in [-0.25, -0.2) is 4.98 Å². The fraction of sp³-hybridized carbons (Fsp3) is 0.636. The van der Waals surface area contributed by atoms with Crippen molar-refractivity contribution in [2.45, 2.75) is 12.3 Å². The molecule has 0 aliphatic carbocycles. The molecule has 1 saturated heterocycles. The predicted octanol–water partition coefficient (Wildman–Crippen LogP) is 1.20. The predicted molar refractivity (Wildman–Crippen MR) is 69.5 cm³/mol. The first-order chi connectivity index (χ1) is 8.19. The molecule has 4 nitrogen and oxygen atoms in total. The van der Waals surface area contributed by atoms with Gasteiger partial charge in [0.1, 0.15) is 0 Å². The van der Waals surface area contributed by atoms with Crippen LogP contribution in [0.4, 0.5) is 0 Å². The van der Waals surface area contributed by atoms with E-state index in [2.05, 4.69) is 9.88 Å². The second-order valence-electron chi connectivity index (χ2n) is 4.21. The van der Waals surface area contributed by atoms with E-state index in [4.69, 9.17) is 11.6 Å². The third kappa shape index (κ3) is 3.40. The van der Waals surface area contributed by atoms with Gasteiger partial charge >= 0.3 is 0 Å². The van der Waals surface area contributed by atoms with Crippen molar-refractivity contribution in [3.05, 3.63) is 16.1 Å². The molecule has 1 aromatic heterocycles. The summed E-state index contributed by atoms with van der Waals surface area (Å²) in [5.74, 6) is 0.681. The Kier molecular flexibility index (Phi) is 4.36. The smallest absolute Gasteiger partial charge is 0.236 e. The van der Waals surface area contributed by atoms with Gasteiger partial charge in [0.2, 0.25) is 5.91 Å². The van der Waals surface area contributed by atoms with Gasteiger partial charge in [0.05, 0.1) is 23.1 Å². The van der Waals surface area contributed by atoms with Crippen LogP contribution in [0, 0.1) is 0 Å². The van der Waals surface area contributed by atoms with Crippen molar-refractivity contribution in [2.24, 2.45) is 0 Å². The van der Waals surface area contributed by atoms with E-state index >= 15 is 0 Å². The molecule has 1 amide bonds. The van der Waals surface area contributed by atoms with Crippen molar-refractivity contribution in [1.82, 2.24) is 14.8 Å². The van der Waals surface area contributed by atoms with E-state index in [1.165, 1.54) is 0 Å². The lowest BCUT2D eigenvalue weighted by Gasteiger charge is -2.31. The van der Waals surface area contributed by atoms with Gasteiger partial charge in [-0.3, -0.25) is 9.69 Å². The number of rotatable bonds is 4. The van der Waals surface area contributed by atoms with Gasteiger partial charge in [-0.2, -0.15) is 0 Å². The highest BCUT2D eigenvalue weighted by atomic mass is 35.5. The number of alkyl halides is 1. The maximum absolute atomic E-state index is 11.5. The number of amides is 1. The molecule has 0 atom stereocenters. The third-order valence-corrected chi connectivity index (χ3v) is 4.15. The van der Waals surface area contributed by atoms with Crippen LogP contribution in [0.5, 0.6) is 0 Å². The molecule has 1 aromatic rings. The summed E-state index contributed by atoms with van der Waals surface area (Å²) in [6.45, 7) is 3.21. The number of halogens is 1. The lowest BCUT2D eigenvalue weighted by atomic mass is 10.3. The van der Waals surface area contributed by atoms with Gasteiger partial charge in [0.25, 0.3) is 0 Å². The molecule has 0 unspecified atom stereocenters. The van der Waals surface area contributed by atoms with Crippen LogP contribution < -0.4 is 0 Å². The summed E-state index contributed by atoms with van der Waals surface area (Å²) in [4.78, 5) is 19.9. The normalized spacial score (nSPS) is 17.8. The van der Waals surface area contributed by atoms with Crippen molar-refractivity contribution in [2.75, 3.05) is 33.2 Å². The first-order valence-corrected chi connectivity index (χ1v) is 7.06. The fourth-order valence-corrected chi connectivity index (χ4v) is 2.79. The molecular weight excluding hydrogens is 258 g/mol. The highest BCUT2D eigenvalue weighted by molar-refractivity contribution is 7.09. The number of thiazole rings is 1. The minimum atomic E-state index is 0.205. The van der Waals surface area contributed by atoms with Crippen molar-refractivity contribution >= 4 is 28.8 Å². The molecule has 94 valence electrons. The Hall–Kier alpha value is -0.650. The summed E-state index contributed by atoms with van der Waals surface area (Å²) in [5, 5.41) is 3.10. The second-order valence-corrected chi connectivity index (χ2v) is 5.42. The van der Waals surface area contributed by atoms with Gasteiger partial charge in [0.15, 0.2) is 0 Å². The van der Waals surface area contributed by atoms with Crippen LogP contribution in [0.15, 0.2) is 5.38 Å². The fourth-order valence-electron chi connectivity index (χ4n) is 1.78. The summed E-state index contributed by atoms with van der Waals surface area (Å²) in [5.41, 5.74) is 0.945. The molecule has 2 heterocycles. The van der Waals surface area contributed by atoms with Crippen LogP contribution in [-0.2, 0) is 17.1 Å². The van der Waals surface area contributed by atoms with Crippen LogP contribution >= 0.6 is 22.9 Å². The average molecular weight is 274 g/mol. The van der Waals surface area contributed by atoms with Crippen LogP contribution in [0.25, 0.3) is 0 Å². The molecule has 1 aliphatic rings. The van der Waals surface area contributed by atoms with Crippen LogP contribution in [-0.4, -0.2) is 53.9 Å². The summed E-state index contributed by atoms with van der Waals surface area (Å²) >= 11 is 7.35. The van der Waals surface area contributed by atoms with Crippen LogP contribution in [0.1, 0.15) is 10.7 Å². The first-order valence-electron chi connectivity index (χ1n) is 5.64. The van der Waals surface area contributed by atoms with Crippen molar-refractivity contribution in [3.63, 3.8) is 0 Å². The van der Waals surface area contributed by atoms with Gasteiger partial charge in [-0.1, -0.05) is 0 Å². The average Bonchev–Trinajstić information content (AvgIpc) is 2.79. The molecule has 0 N–H and O–H groups in total. The zero-order valence-electron chi connectivity index (χ0n) is 9.86. The highest BCUT2D eigenvalue weighted by Crippen LogP contribution is 2.13. The topological polar surface area (TPSA) is 36.4 Å². The summed E-state index contributed by atoms with van der Waals surface area (Å²) in [6.07, 6.45) is 0.901. The SMILES string of the molecule is CN1CCN(CCc2nc(CCl)cs2)CC1=O. The van der Waals surface area contributed by atoms with Crippen molar-refractivity contribution in [1.29, 1.82) is 0 Å². The van der Waals surface area contributed by atoms with Gasteiger partial charge in [-0.05, 0) is 0 Å². The number of carbonyl (C=O) groups excluding carboxylic acids is 1. The lowest BCUT2D eigenvalue weighted by molar-refractivity contribution is -0.134. The van der Waals surface area contributed by atoms with E-state index in [-0.39, 0.29) is 5.91 Å². The number of nitrogens with zero attached hydrogens (tertiary/aromatic N) is 3. The summed E-state index contributed by atoms with van der Waals surface area (Å²) in [6, 6.07) is 0. The summed E-state index contributed by atoms with van der Waals surface area (Å²) in [7, 11) is 1.85. The molecule has 0 bridgehead atoms. The number of likely N-dealkylation sites (N-methyl/N-ethyl adjacent to an activating group) is 1. The Morgan fingerprint density at radius 1 is 1.53 bits per heavy atom. The minimum Gasteiger partial charge on any atom is -0.343 e. The minimum absolute atomic E-state index is 0.205. The van der Waals surface area contributed by atoms with Crippen LogP contribution in [0.2, 0.25) is 0 Å². The number of carbonyl (C=O) groups is 1. The highest BCUT2D eigenvalue weighted by Gasteiger charge is 2.20. The Morgan fingerprint density at radius 2 is 2.35 bits per heavy atom. The molecule has 0 aromatic carbocycles. The van der Waals surface area contributed by atoms with E-state index < -0.39 is 0 Å². The number of aromatic nitrogens is 1. The number of hydrogen-bond donors (Lipinski definition) is 0. The standard InChI is InChI=1S/C11H16ClN3OS/c1-14-4-5-15(7-11(14)16)3-2-10-13-9(6-12)8-17-10/h8H,2-7H2,1H3. The van der Waals surface area contributed by atoms with Gasteiger partial charge in [0, 0.05) is 38.5 Å². The molecule has 2 rings (SSSR count). The van der Waals surface area contributed by atoms with E-state index in [1.807, 2.05) is 12.4 Å². The zero-order chi connectivity index (χ0) is 12.3. The number of piperazine rings is 1. The quantitative estimate of drug-likeness (QED) is 0.774. The first kappa shape index (κ1) is 12.8. The second kappa shape index (κ2) is 5.80. The zero-order valence-corrected chi connectivity index (χ0v) is 11.4. The van der Waals surface area contributed by atoms with E-state index in [9.17, 15) is 4.79 Å². The Morgan fingerprint density at radius 3 is 3.00 bits per heavy atom. The summed E-state index contributed by atoms with van der Waals surface area (Å²) < 4.78 is 0. The molecule has 1 aliphatic heterocycles. The Labute approximate surface area is 110 Å². The Bertz CT molecular complexity index is 396. The molecular formula is C11H16ClN3OS. The Balaban J connectivity index is 1.80. The molecule has 6 heteroatoms. The largest absolute Gasteiger partial charge is 0.343 e. The number of hydrogen-bond acceptors (Lipinski definition) is 4. The van der Waals surface area contributed by atoms with Crippen molar-refractivity contribution < 1.29 is 4.79 Å². The molecule has 0 saturated carbocycles. The molecule has 1 fully saturated rings. The van der Waals surface area contributed by atoms with E-state index in [1.54, 1.807) is 16.2 Å². The molecule has 0 spiro atoms. The maximum atomic E-state index is 11.5. The lowest BCUT2D eigenvalue weighted by Crippen LogP contribution is -2.48. The van der Waals surface area contributed by atoms with E-state index in [0.717, 1.165) is 36.8 Å². The monoisotopic (exact) mass is 273 g/mol.